The molecule has 0 bridgehead atoms. The summed E-state index contributed by atoms with van der Waals surface area (Å²) in [5.41, 5.74) is 4.64. The van der Waals surface area contributed by atoms with Crippen molar-refractivity contribution in [3.63, 3.8) is 0 Å². The fraction of sp³-hybridized carbons (Fsp3) is 0.450. The van der Waals surface area contributed by atoms with Crippen molar-refractivity contribution in [2.24, 2.45) is 0 Å². The number of carbonyl (C=O) groups is 1. The van der Waals surface area contributed by atoms with Gasteiger partial charge in [-0.1, -0.05) is 18.2 Å². The van der Waals surface area contributed by atoms with Crippen LogP contribution in [0.15, 0.2) is 30.5 Å². The maximum atomic E-state index is 13.2. The number of hydrogen-bond acceptors (Lipinski definition) is 4. The third kappa shape index (κ3) is 3.04. The minimum absolute atomic E-state index is 0.144. The average molecular weight is 336 g/mol. The number of anilines is 1. The third-order valence-electron chi connectivity index (χ3n) is 5.38. The summed E-state index contributed by atoms with van der Waals surface area (Å²) in [6.07, 6.45) is 4.93. The summed E-state index contributed by atoms with van der Waals surface area (Å²) in [6, 6.07) is 8.14. The van der Waals surface area contributed by atoms with Gasteiger partial charge in [0, 0.05) is 31.5 Å². The molecule has 2 aliphatic rings. The Labute approximate surface area is 148 Å². The Kier molecular flexibility index (Phi) is 4.25. The summed E-state index contributed by atoms with van der Waals surface area (Å²) in [7, 11) is 0. The number of amides is 1. The standard InChI is InChI=1S/C20H24N4O/c1-14(23-11-9-17-12-21-15(2)22-18(17)13-23)20(25)24-10-5-7-16-6-3-4-8-19(16)24/h3-4,6,8,12,14H,5,7,9-11,13H2,1-2H3/t14-/m0/s1. The SMILES string of the molecule is Cc1ncc2c(n1)CN([C@@H](C)C(=O)N1CCCc3ccccc31)CC2. The van der Waals surface area contributed by atoms with Crippen LogP contribution in [0, 0.1) is 6.92 Å². The van der Waals surface area contributed by atoms with Gasteiger partial charge in [-0.25, -0.2) is 9.97 Å². The van der Waals surface area contributed by atoms with Crippen LogP contribution in [-0.4, -0.2) is 39.9 Å². The summed E-state index contributed by atoms with van der Waals surface area (Å²) in [5, 5.41) is 0. The molecule has 0 fully saturated rings. The quantitative estimate of drug-likeness (QED) is 0.845. The molecule has 2 aromatic rings. The van der Waals surface area contributed by atoms with Crippen LogP contribution in [0.1, 0.15) is 36.0 Å². The molecule has 1 aromatic heterocycles. The lowest BCUT2D eigenvalue weighted by Gasteiger charge is -2.37. The molecule has 3 heterocycles. The van der Waals surface area contributed by atoms with E-state index in [1.165, 1.54) is 11.1 Å². The first-order valence-electron chi connectivity index (χ1n) is 9.08. The smallest absolute Gasteiger partial charge is 0.244 e. The largest absolute Gasteiger partial charge is 0.311 e. The number of para-hydroxylation sites is 1. The van der Waals surface area contributed by atoms with E-state index in [0.29, 0.717) is 0 Å². The Hall–Kier alpha value is -2.27. The first-order chi connectivity index (χ1) is 12.1. The van der Waals surface area contributed by atoms with Gasteiger partial charge in [-0.3, -0.25) is 9.69 Å². The van der Waals surface area contributed by atoms with Crippen LogP contribution < -0.4 is 4.90 Å². The summed E-state index contributed by atoms with van der Waals surface area (Å²) in [6.45, 7) is 6.35. The molecule has 5 nitrogen and oxygen atoms in total. The van der Waals surface area contributed by atoms with Gasteiger partial charge >= 0.3 is 0 Å². The molecule has 25 heavy (non-hydrogen) atoms. The van der Waals surface area contributed by atoms with Crippen molar-refractivity contribution in [1.29, 1.82) is 0 Å². The number of fused-ring (bicyclic) bond motifs is 2. The van der Waals surface area contributed by atoms with Crippen LogP contribution >= 0.6 is 0 Å². The van der Waals surface area contributed by atoms with Gasteiger partial charge in [0.05, 0.1) is 11.7 Å². The summed E-state index contributed by atoms with van der Waals surface area (Å²) >= 11 is 0. The third-order valence-corrected chi connectivity index (χ3v) is 5.38. The molecule has 0 unspecified atom stereocenters. The zero-order chi connectivity index (χ0) is 17.4. The number of carbonyl (C=O) groups excluding carboxylic acids is 1. The van der Waals surface area contributed by atoms with Crippen molar-refractivity contribution in [2.75, 3.05) is 18.0 Å². The number of aryl methyl sites for hydroxylation is 2. The molecule has 2 aliphatic heterocycles. The fourth-order valence-electron chi connectivity index (χ4n) is 3.90. The summed E-state index contributed by atoms with van der Waals surface area (Å²) in [4.78, 5) is 26.3. The van der Waals surface area contributed by atoms with E-state index in [4.69, 9.17) is 0 Å². The van der Waals surface area contributed by atoms with Gasteiger partial charge in [0.25, 0.3) is 0 Å². The molecule has 130 valence electrons. The van der Waals surface area contributed by atoms with Crippen LogP contribution in [0.2, 0.25) is 0 Å². The van der Waals surface area contributed by atoms with Crippen molar-refractivity contribution in [1.82, 2.24) is 14.9 Å². The van der Waals surface area contributed by atoms with Crippen molar-refractivity contribution >= 4 is 11.6 Å². The van der Waals surface area contributed by atoms with Crippen LogP contribution in [0.5, 0.6) is 0 Å². The second kappa shape index (κ2) is 6.56. The molecule has 0 aliphatic carbocycles. The molecule has 0 saturated heterocycles. The van der Waals surface area contributed by atoms with E-state index < -0.39 is 0 Å². The molecule has 0 saturated carbocycles. The number of benzene rings is 1. The monoisotopic (exact) mass is 336 g/mol. The minimum atomic E-state index is -0.144. The second-order valence-corrected chi connectivity index (χ2v) is 7.01. The maximum Gasteiger partial charge on any atom is 0.244 e. The lowest BCUT2D eigenvalue weighted by atomic mass is 10.00. The number of hydrogen-bond donors (Lipinski definition) is 0. The van der Waals surface area contributed by atoms with Gasteiger partial charge in [0.2, 0.25) is 5.91 Å². The van der Waals surface area contributed by atoms with E-state index in [1.54, 1.807) is 0 Å². The number of rotatable bonds is 2. The van der Waals surface area contributed by atoms with Crippen LogP contribution in [-0.2, 0) is 24.2 Å². The number of nitrogens with zero attached hydrogens (tertiary/aromatic N) is 4. The van der Waals surface area contributed by atoms with E-state index >= 15 is 0 Å². The van der Waals surface area contributed by atoms with Gasteiger partial charge in [-0.05, 0) is 50.3 Å². The Morgan fingerprint density at radius 2 is 2.00 bits per heavy atom. The highest BCUT2D eigenvalue weighted by Crippen LogP contribution is 2.28. The van der Waals surface area contributed by atoms with Crippen LogP contribution in [0.25, 0.3) is 0 Å². The Bertz CT molecular complexity index is 804. The molecule has 1 atom stereocenters. The maximum absolute atomic E-state index is 13.2. The fourth-order valence-corrected chi connectivity index (χ4v) is 3.90. The Morgan fingerprint density at radius 1 is 1.16 bits per heavy atom. The van der Waals surface area contributed by atoms with Gasteiger partial charge < -0.3 is 4.90 Å². The van der Waals surface area contributed by atoms with E-state index in [9.17, 15) is 4.79 Å². The zero-order valence-electron chi connectivity index (χ0n) is 14.9. The Morgan fingerprint density at radius 3 is 2.88 bits per heavy atom. The number of aromatic nitrogens is 2. The van der Waals surface area contributed by atoms with Gasteiger partial charge in [-0.2, -0.15) is 0 Å². The van der Waals surface area contributed by atoms with Crippen LogP contribution in [0.3, 0.4) is 0 Å². The zero-order valence-corrected chi connectivity index (χ0v) is 14.9. The average Bonchev–Trinajstić information content (AvgIpc) is 2.65. The van der Waals surface area contributed by atoms with Gasteiger partial charge in [-0.15, -0.1) is 0 Å². The molecule has 4 rings (SSSR count). The molecule has 0 N–H and O–H groups in total. The van der Waals surface area contributed by atoms with Gasteiger partial charge in [0.1, 0.15) is 5.82 Å². The molecular formula is C20H24N4O. The highest BCUT2D eigenvalue weighted by atomic mass is 16.2. The summed E-state index contributed by atoms with van der Waals surface area (Å²) in [5.74, 6) is 0.992. The predicted octanol–water partition coefficient (Wildman–Crippen LogP) is 2.51. The van der Waals surface area contributed by atoms with Gasteiger partial charge in [0.15, 0.2) is 0 Å². The Balaban J connectivity index is 1.54. The van der Waals surface area contributed by atoms with E-state index in [0.717, 1.165) is 56.1 Å². The van der Waals surface area contributed by atoms with Crippen molar-refractivity contribution < 1.29 is 4.79 Å². The predicted molar refractivity (Wildman–Crippen MR) is 97.5 cm³/mol. The first-order valence-corrected chi connectivity index (χ1v) is 9.08. The lowest BCUT2D eigenvalue weighted by molar-refractivity contribution is -0.123. The molecule has 0 radical (unpaired) electrons. The topological polar surface area (TPSA) is 49.3 Å². The molecule has 5 heteroatoms. The van der Waals surface area contributed by atoms with E-state index in [-0.39, 0.29) is 11.9 Å². The molecular weight excluding hydrogens is 312 g/mol. The molecule has 0 spiro atoms. The van der Waals surface area contributed by atoms with E-state index in [1.807, 2.05) is 31.0 Å². The highest BCUT2D eigenvalue weighted by molar-refractivity contribution is 5.98. The van der Waals surface area contributed by atoms with E-state index in [2.05, 4.69) is 33.1 Å². The van der Waals surface area contributed by atoms with Crippen LogP contribution in [0.4, 0.5) is 5.69 Å². The first kappa shape index (κ1) is 16.2. The van der Waals surface area contributed by atoms with Crippen molar-refractivity contribution in [3.8, 4) is 0 Å². The summed E-state index contributed by atoms with van der Waals surface area (Å²) < 4.78 is 0. The highest BCUT2D eigenvalue weighted by Gasteiger charge is 2.31. The van der Waals surface area contributed by atoms with Crippen molar-refractivity contribution in [2.45, 2.75) is 45.7 Å². The molecule has 1 aromatic carbocycles. The normalized spacial score (nSPS) is 18.4. The lowest BCUT2D eigenvalue weighted by Crippen LogP contribution is -2.50. The van der Waals surface area contributed by atoms with Crippen molar-refractivity contribution in [3.05, 3.63) is 53.1 Å². The second-order valence-electron chi connectivity index (χ2n) is 7.01. The molecule has 1 amide bonds. The minimum Gasteiger partial charge on any atom is -0.311 e.